The third-order valence-corrected chi connectivity index (χ3v) is 2.21. The van der Waals surface area contributed by atoms with Crippen LogP contribution < -0.4 is 10.1 Å². The Kier molecular flexibility index (Phi) is 4.65. The van der Waals surface area contributed by atoms with Crippen LogP contribution in [-0.4, -0.2) is 29.1 Å². The van der Waals surface area contributed by atoms with E-state index in [2.05, 4.69) is 5.32 Å². The van der Waals surface area contributed by atoms with Crippen molar-refractivity contribution < 1.29 is 23.8 Å². The smallest absolute Gasteiger partial charge is 0.325 e. The summed E-state index contributed by atoms with van der Waals surface area (Å²) in [5.74, 6) is -1.98. The highest BCUT2D eigenvalue weighted by atomic mass is 19.1. The highest BCUT2D eigenvalue weighted by molar-refractivity contribution is 5.86. The number of rotatable bonds is 5. The van der Waals surface area contributed by atoms with Gasteiger partial charge in [-0.05, 0) is 26.0 Å². The van der Waals surface area contributed by atoms with Crippen LogP contribution in [0.5, 0.6) is 5.75 Å². The minimum atomic E-state index is -1.14. The highest BCUT2D eigenvalue weighted by Crippen LogP contribution is 2.13. The van der Waals surface area contributed by atoms with E-state index in [1.54, 1.807) is 0 Å². The van der Waals surface area contributed by atoms with E-state index in [-0.39, 0.29) is 5.75 Å². The molecule has 98 valence electrons. The molecule has 1 unspecified atom stereocenters. The van der Waals surface area contributed by atoms with Gasteiger partial charge in [-0.15, -0.1) is 0 Å². The molecule has 0 fully saturated rings. The lowest BCUT2D eigenvalue weighted by Crippen LogP contribution is -2.44. The van der Waals surface area contributed by atoms with Gasteiger partial charge < -0.3 is 15.2 Å². The summed E-state index contributed by atoms with van der Waals surface area (Å²) in [6.45, 7) is 2.80. The summed E-state index contributed by atoms with van der Waals surface area (Å²) in [6, 6.07) is 4.35. The normalized spacial score (nSPS) is 13.5. The Morgan fingerprint density at radius 3 is 2.61 bits per heavy atom. The van der Waals surface area contributed by atoms with Gasteiger partial charge in [0.15, 0.2) is 6.10 Å². The average Bonchev–Trinajstić information content (AvgIpc) is 2.28. The fourth-order valence-electron chi connectivity index (χ4n) is 1.19. The Bertz CT molecular complexity index is 449. The average molecular weight is 255 g/mol. The monoisotopic (exact) mass is 255 g/mol. The van der Waals surface area contributed by atoms with Gasteiger partial charge in [0.25, 0.3) is 5.91 Å². The molecule has 0 aromatic heterocycles. The third kappa shape index (κ3) is 4.04. The fourth-order valence-corrected chi connectivity index (χ4v) is 1.19. The number of amides is 1. The van der Waals surface area contributed by atoms with Crippen molar-refractivity contribution >= 4 is 11.9 Å². The van der Waals surface area contributed by atoms with E-state index >= 15 is 0 Å². The molecule has 1 rings (SSSR count). The predicted octanol–water partition coefficient (Wildman–Crippen LogP) is 1.18. The van der Waals surface area contributed by atoms with E-state index in [4.69, 9.17) is 9.84 Å². The molecule has 1 aromatic rings. The first-order valence-electron chi connectivity index (χ1n) is 5.35. The molecule has 0 spiro atoms. The standard InChI is InChI=1S/C12H14FNO4/c1-7(12(16)17)14-11(15)8(2)18-10-5-3-4-9(13)6-10/h3-8H,1-2H3,(H,14,15)(H,16,17)/t7-,8?/m0/s1. The van der Waals surface area contributed by atoms with Gasteiger partial charge in [-0.2, -0.15) is 0 Å². The minimum absolute atomic E-state index is 0.209. The maximum atomic E-state index is 12.9. The fraction of sp³-hybridized carbons (Fsp3) is 0.333. The first kappa shape index (κ1) is 14.0. The Balaban J connectivity index is 2.57. The van der Waals surface area contributed by atoms with Gasteiger partial charge in [-0.1, -0.05) is 6.07 Å². The molecule has 0 heterocycles. The second kappa shape index (κ2) is 6.00. The van der Waals surface area contributed by atoms with Crippen LogP contribution in [0.3, 0.4) is 0 Å². The predicted molar refractivity (Wildman–Crippen MR) is 61.7 cm³/mol. The zero-order valence-electron chi connectivity index (χ0n) is 10.0. The van der Waals surface area contributed by atoms with Crippen molar-refractivity contribution in [3.63, 3.8) is 0 Å². The van der Waals surface area contributed by atoms with Crippen molar-refractivity contribution in [2.24, 2.45) is 0 Å². The zero-order chi connectivity index (χ0) is 13.7. The summed E-state index contributed by atoms with van der Waals surface area (Å²) >= 11 is 0. The number of carboxylic acid groups (broad SMARTS) is 1. The van der Waals surface area contributed by atoms with Crippen LogP contribution in [0.4, 0.5) is 4.39 Å². The second-order valence-electron chi connectivity index (χ2n) is 3.79. The van der Waals surface area contributed by atoms with Gasteiger partial charge in [0, 0.05) is 6.07 Å². The summed E-state index contributed by atoms with van der Waals surface area (Å²) in [7, 11) is 0. The number of carboxylic acids is 1. The van der Waals surface area contributed by atoms with Crippen molar-refractivity contribution in [1.29, 1.82) is 0 Å². The molecule has 0 bridgehead atoms. The first-order valence-corrected chi connectivity index (χ1v) is 5.35. The number of hydrogen-bond donors (Lipinski definition) is 2. The van der Waals surface area contributed by atoms with Gasteiger partial charge >= 0.3 is 5.97 Å². The number of ether oxygens (including phenoxy) is 1. The summed E-state index contributed by atoms with van der Waals surface area (Å²) in [5.41, 5.74) is 0. The topological polar surface area (TPSA) is 75.6 Å². The van der Waals surface area contributed by atoms with Crippen LogP contribution in [0.1, 0.15) is 13.8 Å². The lowest BCUT2D eigenvalue weighted by atomic mass is 10.3. The van der Waals surface area contributed by atoms with Gasteiger partial charge in [-0.3, -0.25) is 9.59 Å². The van der Waals surface area contributed by atoms with Gasteiger partial charge in [0.2, 0.25) is 0 Å². The molecule has 1 aromatic carbocycles. The van der Waals surface area contributed by atoms with E-state index in [1.165, 1.54) is 32.0 Å². The molecule has 18 heavy (non-hydrogen) atoms. The lowest BCUT2D eigenvalue weighted by Gasteiger charge is -2.16. The third-order valence-electron chi connectivity index (χ3n) is 2.21. The molecule has 0 saturated carbocycles. The Morgan fingerprint density at radius 1 is 1.39 bits per heavy atom. The Hall–Kier alpha value is -2.11. The van der Waals surface area contributed by atoms with Crippen LogP contribution in [0.25, 0.3) is 0 Å². The molecule has 0 saturated heterocycles. The molecule has 2 atom stereocenters. The van der Waals surface area contributed by atoms with Crippen LogP contribution in [-0.2, 0) is 9.59 Å². The van der Waals surface area contributed by atoms with Gasteiger partial charge in [0.1, 0.15) is 17.6 Å². The molecule has 0 aliphatic heterocycles. The van der Waals surface area contributed by atoms with Gasteiger partial charge in [0.05, 0.1) is 0 Å². The molecule has 1 amide bonds. The number of aliphatic carboxylic acids is 1. The Labute approximate surface area is 104 Å². The largest absolute Gasteiger partial charge is 0.481 e. The van der Waals surface area contributed by atoms with Crippen molar-refractivity contribution in [3.05, 3.63) is 30.1 Å². The molecule has 6 heteroatoms. The molecule has 0 aliphatic carbocycles. The summed E-state index contributed by atoms with van der Waals surface area (Å²) in [5, 5.41) is 10.9. The number of carbonyl (C=O) groups is 2. The van der Waals surface area contributed by atoms with Crippen LogP contribution in [0.15, 0.2) is 24.3 Å². The lowest BCUT2D eigenvalue weighted by molar-refractivity contribution is -0.142. The number of carbonyl (C=O) groups excluding carboxylic acids is 1. The van der Waals surface area contributed by atoms with Crippen molar-refractivity contribution in [2.75, 3.05) is 0 Å². The maximum Gasteiger partial charge on any atom is 0.325 e. The minimum Gasteiger partial charge on any atom is -0.481 e. The van der Waals surface area contributed by atoms with E-state index in [1.807, 2.05) is 0 Å². The number of nitrogens with one attached hydrogen (secondary N) is 1. The molecular formula is C12H14FNO4. The second-order valence-corrected chi connectivity index (χ2v) is 3.79. The van der Waals surface area contributed by atoms with Crippen LogP contribution in [0.2, 0.25) is 0 Å². The molecule has 5 nitrogen and oxygen atoms in total. The number of benzene rings is 1. The summed E-state index contributed by atoms with van der Waals surface area (Å²) < 4.78 is 18.1. The SMILES string of the molecule is CC(Oc1cccc(F)c1)C(=O)N[C@@H](C)C(=O)O. The van der Waals surface area contributed by atoms with E-state index in [0.717, 1.165) is 6.07 Å². The number of halogens is 1. The summed E-state index contributed by atoms with van der Waals surface area (Å²) in [4.78, 5) is 22.1. The van der Waals surface area contributed by atoms with E-state index in [0.29, 0.717) is 0 Å². The van der Waals surface area contributed by atoms with Crippen molar-refractivity contribution in [2.45, 2.75) is 26.0 Å². The van der Waals surface area contributed by atoms with Gasteiger partial charge in [-0.25, -0.2) is 4.39 Å². The van der Waals surface area contributed by atoms with Crippen LogP contribution >= 0.6 is 0 Å². The van der Waals surface area contributed by atoms with Crippen LogP contribution in [0, 0.1) is 5.82 Å². The first-order chi connectivity index (χ1) is 8.40. The molecule has 0 aliphatic rings. The summed E-state index contributed by atoms with van der Waals surface area (Å²) in [6.07, 6.45) is -0.909. The van der Waals surface area contributed by atoms with Crippen molar-refractivity contribution in [3.8, 4) is 5.75 Å². The van der Waals surface area contributed by atoms with E-state index < -0.39 is 29.8 Å². The Morgan fingerprint density at radius 2 is 2.06 bits per heavy atom. The van der Waals surface area contributed by atoms with E-state index in [9.17, 15) is 14.0 Å². The maximum absolute atomic E-state index is 12.9. The molecule has 0 radical (unpaired) electrons. The number of hydrogen-bond acceptors (Lipinski definition) is 3. The molecule has 2 N–H and O–H groups in total. The zero-order valence-corrected chi connectivity index (χ0v) is 10.0. The molecular weight excluding hydrogens is 241 g/mol. The van der Waals surface area contributed by atoms with Crippen molar-refractivity contribution in [1.82, 2.24) is 5.32 Å². The quantitative estimate of drug-likeness (QED) is 0.828. The highest BCUT2D eigenvalue weighted by Gasteiger charge is 2.20.